The number of allylic oxidation sites excluding steroid dienone is 2. The molecule has 1 nitrogen and oxygen atoms in total. The minimum atomic E-state index is 0.247. The van der Waals surface area contributed by atoms with Gasteiger partial charge < -0.3 is 0 Å². The largest absolute Gasteiger partial charge is 0.295 e. The molecule has 1 heteroatoms. The molecule has 16 heavy (non-hydrogen) atoms. The molecule has 2 aliphatic carbocycles. The third kappa shape index (κ3) is 1.65. The summed E-state index contributed by atoms with van der Waals surface area (Å²) in [7, 11) is 0. The van der Waals surface area contributed by atoms with Crippen LogP contribution in [0.15, 0.2) is 11.6 Å². The predicted octanol–water partition coefficient (Wildman–Crippen LogP) is 4.13. The van der Waals surface area contributed by atoms with E-state index in [0.29, 0.717) is 11.2 Å². The maximum atomic E-state index is 11.8. The summed E-state index contributed by atoms with van der Waals surface area (Å²) < 4.78 is 0. The molecule has 2 aliphatic rings. The molecule has 0 bridgehead atoms. The van der Waals surface area contributed by atoms with Gasteiger partial charge in [-0.1, -0.05) is 39.7 Å². The van der Waals surface area contributed by atoms with Gasteiger partial charge in [0, 0.05) is 5.92 Å². The lowest BCUT2D eigenvalue weighted by Crippen LogP contribution is -2.34. The number of carbonyl (C=O) groups is 1. The molecule has 2 rings (SSSR count). The second kappa shape index (κ2) is 3.72. The van der Waals surface area contributed by atoms with Crippen molar-refractivity contribution in [2.75, 3.05) is 0 Å². The molecule has 1 saturated carbocycles. The van der Waals surface area contributed by atoms with Crippen LogP contribution in [0.1, 0.15) is 59.8 Å². The highest BCUT2D eigenvalue weighted by atomic mass is 16.1. The summed E-state index contributed by atoms with van der Waals surface area (Å²) in [6.45, 7) is 9.15. The summed E-state index contributed by atoms with van der Waals surface area (Å²) in [5, 5.41) is 0. The zero-order valence-electron chi connectivity index (χ0n) is 11.1. The Bertz CT molecular complexity index is 337. The van der Waals surface area contributed by atoms with Gasteiger partial charge in [0.25, 0.3) is 0 Å². The first kappa shape index (κ1) is 11.9. The summed E-state index contributed by atoms with van der Waals surface area (Å²) in [4.78, 5) is 11.8. The van der Waals surface area contributed by atoms with Crippen molar-refractivity contribution < 1.29 is 4.79 Å². The first-order chi connectivity index (χ1) is 7.37. The van der Waals surface area contributed by atoms with Crippen LogP contribution in [0.2, 0.25) is 0 Å². The Morgan fingerprint density at radius 3 is 2.44 bits per heavy atom. The molecule has 2 unspecified atom stereocenters. The van der Waals surface area contributed by atoms with E-state index in [1.54, 1.807) is 0 Å². The lowest BCUT2D eigenvalue weighted by atomic mass is 9.62. The van der Waals surface area contributed by atoms with E-state index in [2.05, 4.69) is 27.7 Å². The molecule has 0 aromatic heterocycles. The minimum absolute atomic E-state index is 0.247. The van der Waals surface area contributed by atoms with E-state index in [4.69, 9.17) is 0 Å². The second-order valence-electron chi connectivity index (χ2n) is 6.58. The molecular weight excluding hydrogens is 196 g/mol. The van der Waals surface area contributed by atoms with Gasteiger partial charge in [0.2, 0.25) is 0 Å². The Hall–Kier alpha value is -0.590. The van der Waals surface area contributed by atoms with Crippen molar-refractivity contribution in [1.82, 2.24) is 0 Å². The van der Waals surface area contributed by atoms with Crippen LogP contribution < -0.4 is 0 Å². The zero-order valence-corrected chi connectivity index (χ0v) is 11.1. The van der Waals surface area contributed by atoms with Gasteiger partial charge in [0.1, 0.15) is 0 Å². The Kier molecular flexibility index (Phi) is 2.76. The summed E-state index contributed by atoms with van der Waals surface area (Å²) in [6.07, 6.45) is 8.02. The SMILES string of the molecule is CC1CCC(C2(C)CCCC2(C)C)=CC1=O. The monoisotopic (exact) mass is 220 g/mol. The van der Waals surface area contributed by atoms with Gasteiger partial charge in [-0.15, -0.1) is 0 Å². The third-order valence-electron chi connectivity index (χ3n) is 5.33. The molecule has 0 aromatic carbocycles. The Morgan fingerprint density at radius 1 is 1.25 bits per heavy atom. The van der Waals surface area contributed by atoms with Gasteiger partial charge in [-0.3, -0.25) is 4.79 Å². The molecule has 0 aromatic rings. The highest BCUT2D eigenvalue weighted by molar-refractivity contribution is 5.93. The molecule has 1 fully saturated rings. The normalized spacial score (nSPS) is 38.6. The van der Waals surface area contributed by atoms with Gasteiger partial charge in [-0.05, 0) is 42.6 Å². The minimum Gasteiger partial charge on any atom is -0.295 e. The number of hydrogen-bond acceptors (Lipinski definition) is 1. The molecule has 0 amide bonds. The van der Waals surface area contributed by atoms with Gasteiger partial charge in [0.15, 0.2) is 5.78 Å². The van der Waals surface area contributed by atoms with Crippen molar-refractivity contribution in [1.29, 1.82) is 0 Å². The Balaban J connectivity index is 2.32. The average Bonchev–Trinajstić information content (AvgIpc) is 2.47. The number of ketones is 1. The molecule has 0 radical (unpaired) electrons. The van der Waals surface area contributed by atoms with Crippen LogP contribution in [0, 0.1) is 16.7 Å². The lowest BCUT2D eigenvalue weighted by Gasteiger charge is -2.42. The molecule has 0 heterocycles. The van der Waals surface area contributed by atoms with E-state index in [1.165, 1.54) is 24.8 Å². The van der Waals surface area contributed by atoms with Crippen molar-refractivity contribution in [2.24, 2.45) is 16.7 Å². The van der Waals surface area contributed by atoms with Crippen LogP contribution in [-0.4, -0.2) is 5.78 Å². The Labute approximate surface area is 99.3 Å². The molecule has 90 valence electrons. The van der Waals surface area contributed by atoms with E-state index in [1.807, 2.05) is 6.08 Å². The predicted molar refractivity (Wildman–Crippen MR) is 67.2 cm³/mol. The molecule has 0 spiro atoms. The van der Waals surface area contributed by atoms with Crippen LogP contribution in [0.3, 0.4) is 0 Å². The maximum absolute atomic E-state index is 11.8. The molecular formula is C15H24O. The molecule has 2 atom stereocenters. The molecule has 0 saturated heterocycles. The van der Waals surface area contributed by atoms with E-state index < -0.39 is 0 Å². The van der Waals surface area contributed by atoms with Gasteiger partial charge in [-0.25, -0.2) is 0 Å². The van der Waals surface area contributed by atoms with Crippen molar-refractivity contribution in [2.45, 2.75) is 59.8 Å². The fourth-order valence-corrected chi connectivity index (χ4v) is 3.43. The van der Waals surface area contributed by atoms with Crippen molar-refractivity contribution in [3.63, 3.8) is 0 Å². The summed E-state index contributed by atoms with van der Waals surface area (Å²) in [5.74, 6) is 0.599. The lowest BCUT2D eigenvalue weighted by molar-refractivity contribution is -0.118. The first-order valence-electron chi connectivity index (χ1n) is 6.62. The smallest absolute Gasteiger partial charge is 0.158 e. The van der Waals surface area contributed by atoms with Crippen LogP contribution in [0.5, 0.6) is 0 Å². The van der Waals surface area contributed by atoms with Crippen LogP contribution >= 0.6 is 0 Å². The van der Waals surface area contributed by atoms with Crippen molar-refractivity contribution >= 4 is 5.78 Å². The summed E-state index contributed by atoms with van der Waals surface area (Å²) >= 11 is 0. The number of carbonyl (C=O) groups excluding carboxylic acids is 1. The van der Waals surface area contributed by atoms with Gasteiger partial charge in [-0.2, -0.15) is 0 Å². The van der Waals surface area contributed by atoms with E-state index in [-0.39, 0.29) is 11.3 Å². The zero-order chi connectivity index (χ0) is 12.0. The highest BCUT2D eigenvalue weighted by Crippen LogP contribution is 2.58. The fraction of sp³-hybridized carbons (Fsp3) is 0.800. The molecule has 0 aliphatic heterocycles. The average molecular weight is 220 g/mol. The third-order valence-corrected chi connectivity index (χ3v) is 5.33. The summed E-state index contributed by atoms with van der Waals surface area (Å²) in [6, 6.07) is 0. The van der Waals surface area contributed by atoms with E-state index >= 15 is 0 Å². The van der Waals surface area contributed by atoms with Crippen LogP contribution in [0.25, 0.3) is 0 Å². The second-order valence-corrected chi connectivity index (χ2v) is 6.58. The van der Waals surface area contributed by atoms with Crippen LogP contribution in [-0.2, 0) is 4.79 Å². The van der Waals surface area contributed by atoms with E-state index in [9.17, 15) is 4.79 Å². The van der Waals surface area contributed by atoms with Crippen LogP contribution in [0.4, 0.5) is 0 Å². The van der Waals surface area contributed by atoms with Crippen molar-refractivity contribution in [3.8, 4) is 0 Å². The quantitative estimate of drug-likeness (QED) is 0.649. The maximum Gasteiger partial charge on any atom is 0.158 e. The fourth-order valence-electron chi connectivity index (χ4n) is 3.43. The highest BCUT2D eigenvalue weighted by Gasteiger charge is 2.47. The Morgan fingerprint density at radius 2 is 1.94 bits per heavy atom. The van der Waals surface area contributed by atoms with Crippen molar-refractivity contribution in [3.05, 3.63) is 11.6 Å². The summed E-state index contributed by atoms with van der Waals surface area (Å²) in [5.41, 5.74) is 2.06. The first-order valence-corrected chi connectivity index (χ1v) is 6.62. The number of rotatable bonds is 1. The topological polar surface area (TPSA) is 17.1 Å². The standard InChI is InChI=1S/C15H24O/c1-11-6-7-12(10-13(11)16)15(4)9-5-8-14(15,2)3/h10-11H,5-9H2,1-4H3. The number of hydrogen-bond donors (Lipinski definition) is 0. The van der Waals surface area contributed by atoms with Gasteiger partial charge >= 0.3 is 0 Å². The van der Waals surface area contributed by atoms with Gasteiger partial charge in [0.05, 0.1) is 0 Å². The van der Waals surface area contributed by atoms with E-state index in [0.717, 1.165) is 12.8 Å². The molecule has 0 N–H and O–H groups in total.